The molecule has 1 aromatic rings. The molecule has 1 aromatic carbocycles. The Morgan fingerprint density at radius 1 is 1.13 bits per heavy atom. The molecular formula is C24H35N3O4. The van der Waals surface area contributed by atoms with Crippen LogP contribution >= 0.6 is 0 Å². The molecule has 0 radical (unpaired) electrons. The molecule has 0 aliphatic carbocycles. The van der Waals surface area contributed by atoms with Crippen molar-refractivity contribution in [3.05, 3.63) is 41.1 Å². The molecule has 7 nitrogen and oxygen atoms in total. The predicted octanol–water partition coefficient (Wildman–Crippen LogP) is 4.91. The van der Waals surface area contributed by atoms with Crippen LogP contribution in [0.1, 0.15) is 77.3 Å². The van der Waals surface area contributed by atoms with Crippen LogP contribution in [0.25, 0.3) is 0 Å². The molecule has 170 valence electrons. The molecule has 0 fully saturated rings. The van der Waals surface area contributed by atoms with E-state index < -0.39 is 12.0 Å². The summed E-state index contributed by atoms with van der Waals surface area (Å²) in [5.41, 5.74) is 2.34. The zero-order chi connectivity index (χ0) is 22.8. The van der Waals surface area contributed by atoms with Gasteiger partial charge in [0.2, 0.25) is 5.91 Å². The van der Waals surface area contributed by atoms with Crippen LogP contribution in [0, 0.1) is 0 Å². The van der Waals surface area contributed by atoms with Gasteiger partial charge in [0, 0.05) is 24.4 Å². The van der Waals surface area contributed by atoms with E-state index in [4.69, 9.17) is 4.74 Å². The highest BCUT2D eigenvalue weighted by molar-refractivity contribution is 5.95. The lowest BCUT2D eigenvalue weighted by atomic mass is 9.94. The van der Waals surface area contributed by atoms with E-state index in [-0.39, 0.29) is 11.9 Å². The van der Waals surface area contributed by atoms with Gasteiger partial charge in [0.25, 0.3) is 0 Å². The van der Waals surface area contributed by atoms with Crippen LogP contribution in [0.2, 0.25) is 0 Å². The Morgan fingerprint density at radius 3 is 2.55 bits per heavy atom. The predicted molar refractivity (Wildman–Crippen MR) is 121 cm³/mol. The van der Waals surface area contributed by atoms with E-state index in [1.54, 1.807) is 30.0 Å². The fraction of sp³-hybridized carbons (Fsp3) is 0.542. The number of rotatable bonds is 11. The molecule has 1 aliphatic heterocycles. The van der Waals surface area contributed by atoms with E-state index in [1.165, 1.54) is 20.0 Å². The molecule has 7 heteroatoms. The fourth-order valence-corrected chi connectivity index (χ4v) is 3.81. The lowest BCUT2D eigenvalue weighted by molar-refractivity contribution is -0.136. The Morgan fingerprint density at radius 2 is 1.87 bits per heavy atom. The van der Waals surface area contributed by atoms with Crippen LogP contribution in [0.5, 0.6) is 0 Å². The van der Waals surface area contributed by atoms with E-state index >= 15 is 0 Å². The first kappa shape index (κ1) is 24.4. The van der Waals surface area contributed by atoms with Gasteiger partial charge in [-0.1, -0.05) is 51.7 Å². The Hall–Kier alpha value is -2.83. The lowest BCUT2D eigenvalue weighted by Crippen LogP contribution is -2.48. The zero-order valence-electron chi connectivity index (χ0n) is 19.1. The molecular weight excluding hydrogens is 394 g/mol. The minimum atomic E-state index is -0.640. The maximum Gasteiger partial charge on any atom is 0.337 e. The molecule has 2 rings (SSSR count). The third-order valence-corrected chi connectivity index (χ3v) is 5.46. The summed E-state index contributed by atoms with van der Waals surface area (Å²) in [6.45, 7) is 6.41. The maximum atomic E-state index is 12.6. The first-order valence-electron chi connectivity index (χ1n) is 11.2. The number of carbonyl (C=O) groups is 3. The molecule has 0 aromatic heterocycles. The van der Waals surface area contributed by atoms with Gasteiger partial charge >= 0.3 is 12.0 Å². The van der Waals surface area contributed by atoms with Crippen LogP contribution in [0.4, 0.5) is 10.5 Å². The van der Waals surface area contributed by atoms with E-state index in [1.807, 2.05) is 13.0 Å². The lowest BCUT2D eigenvalue weighted by Gasteiger charge is -2.35. The summed E-state index contributed by atoms with van der Waals surface area (Å²) in [7, 11) is 1.33. The number of nitrogens with one attached hydrogen (secondary N) is 2. The van der Waals surface area contributed by atoms with Crippen LogP contribution in [0.3, 0.4) is 0 Å². The SMILES string of the molecule is CCCCCCCC(=O)Nc1cccc([C@H]2NC(=O)N(CCC)C(C)=C2C(=O)OC)c1. The van der Waals surface area contributed by atoms with E-state index in [0.717, 1.165) is 25.7 Å². The second kappa shape index (κ2) is 12.1. The molecule has 1 aliphatic rings. The molecule has 3 amide bonds. The summed E-state index contributed by atoms with van der Waals surface area (Å²) in [5, 5.41) is 5.84. The molecule has 0 saturated heterocycles. The highest BCUT2D eigenvalue weighted by Crippen LogP contribution is 2.32. The molecule has 0 saturated carbocycles. The number of esters is 1. The van der Waals surface area contributed by atoms with Crippen molar-refractivity contribution in [2.75, 3.05) is 19.0 Å². The van der Waals surface area contributed by atoms with Crippen molar-refractivity contribution in [2.24, 2.45) is 0 Å². The van der Waals surface area contributed by atoms with E-state index in [9.17, 15) is 14.4 Å². The van der Waals surface area contributed by atoms with Crippen molar-refractivity contribution in [3.8, 4) is 0 Å². The summed E-state index contributed by atoms with van der Waals surface area (Å²) in [6, 6.07) is 6.35. The number of carbonyl (C=O) groups excluding carboxylic acids is 3. The fourth-order valence-electron chi connectivity index (χ4n) is 3.81. The third kappa shape index (κ3) is 6.57. The highest BCUT2D eigenvalue weighted by Gasteiger charge is 2.35. The number of nitrogens with zero attached hydrogens (tertiary/aromatic N) is 1. The second-order valence-electron chi connectivity index (χ2n) is 7.86. The average molecular weight is 430 g/mol. The topological polar surface area (TPSA) is 87.7 Å². The van der Waals surface area contributed by atoms with Gasteiger partial charge in [0.15, 0.2) is 0 Å². The smallest absolute Gasteiger partial charge is 0.337 e. The number of hydrogen-bond acceptors (Lipinski definition) is 4. The molecule has 0 spiro atoms. The first-order chi connectivity index (χ1) is 14.9. The normalized spacial score (nSPS) is 16.2. The molecule has 1 atom stereocenters. The van der Waals surface area contributed by atoms with Gasteiger partial charge in [-0.05, 0) is 37.5 Å². The molecule has 1 heterocycles. The Bertz CT molecular complexity index is 819. The van der Waals surface area contributed by atoms with Crippen molar-refractivity contribution < 1.29 is 19.1 Å². The minimum absolute atomic E-state index is 0.0321. The summed E-state index contributed by atoms with van der Waals surface area (Å²) >= 11 is 0. The number of benzene rings is 1. The highest BCUT2D eigenvalue weighted by atomic mass is 16.5. The van der Waals surface area contributed by atoms with Gasteiger partial charge in [-0.15, -0.1) is 0 Å². The number of unbranched alkanes of at least 4 members (excludes halogenated alkanes) is 4. The maximum absolute atomic E-state index is 12.6. The number of allylic oxidation sites excluding steroid dienone is 1. The molecule has 2 N–H and O–H groups in total. The van der Waals surface area contributed by atoms with Gasteiger partial charge in [0.1, 0.15) is 0 Å². The number of ether oxygens (including phenoxy) is 1. The van der Waals surface area contributed by atoms with Crippen LogP contribution < -0.4 is 10.6 Å². The number of anilines is 1. The van der Waals surface area contributed by atoms with Crippen LogP contribution in [-0.2, 0) is 14.3 Å². The molecule has 0 bridgehead atoms. The Kier molecular flexibility index (Phi) is 9.56. The summed E-state index contributed by atoms with van der Waals surface area (Å²) in [6.07, 6.45) is 6.69. The Labute approximate surface area is 185 Å². The van der Waals surface area contributed by atoms with Gasteiger partial charge < -0.3 is 15.4 Å². The third-order valence-electron chi connectivity index (χ3n) is 5.46. The largest absolute Gasteiger partial charge is 0.466 e. The van der Waals surface area contributed by atoms with Crippen molar-refractivity contribution in [3.63, 3.8) is 0 Å². The van der Waals surface area contributed by atoms with Crippen molar-refractivity contribution >= 4 is 23.6 Å². The van der Waals surface area contributed by atoms with Gasteiger partial charge in [-0.3, -0.25) is 9.69 Å². The zero-order valence-corrected chi connectivity index (χ0v) is 19.1. The number of urea groups is 1. The number of hydrogen-bond donors (Lipinski definition) is 2. The number of amides is 3. The average Bonchev–Trinajstić information content (AvgIpc) is 2.75. The Balaban J connectivity index is 2.18. The van der Waals surface area contributed by atoms with Gasteiger partial charge in [-0.2, -0.15) is 0 Å². The standard InChI is InChI=1S/C24H35N3O4/c1-5-7-8-9-10-14-20(28)25-19-13-11-12-18(16-19)22-21(23(29)31-4)17(3)27(15-6-2)24(30)26-22/h11-13,16,22H,5-10,14-15H2,1-4H3,(H,25,28)(H,26,30)/t22-/m1/s1. The summed E-state index contributed by atoms with van der Waals surface area (Å²) in [5.74, 6) is -0.513. The first-order valence-corrected chi connectivity index (χ1v) is 11.2. The van der Waals surface area contributed by atoms with Gasteiger partial charge in [0.05, 0.1) is 18.7 Å². The quantitative estimate of drug-likeness (QED) is 0.386. The van der Waals surface area contributed by atoms with Crippen LogP contribution in [0.15, 0.2) is 35.5 Å². The molecule has 0 unspecified atom stereocenters. The van der Waals surface area contributed by atoms with Crippen molar-refractivity contribution in [1.82, 2.24) is 10.2 Å². The van der Waals surface area contributed by atoms with E-state index in [0.29, 0.717) is 35.5 Å². The second-order valence-corrected chi connectivity index (χ2v) is 7.86. The van der Waals surface area contributed by atoms with Crippen LogP contribution in [-0.4, -0.2) is 36.5 Å². The summed E-state index contributed by atoms with van der Waals surface area (Å²) < 4.78 is 5.00. The van der Waals surface area contributed by atoms with Crippen molar-refractivity contribution in [1.29, 1.82) is 0 Å². The van der Waals surface area contributed by atoms with Gasteiger partial charge in [-0.25, -0.2) is 9.59 Å². The molecule has 31 heavy (non-hydrogen) atoms. The summed E-state index contributed by atoms with van der Waals surface area (Å²) in [4.78, 5) is 39.1. The monoisotopic (exact) mass is 429 g/mol. The van der Waals surface area contributed by atoms with Crippen molar-refractivity contribution in [2.45, 2.75) is 71.8 Å². The minimum Gasteiger partial charge on any atom is -0.466 e. The number of methoxy groups -OCH3 is 1. The van der Waals surface area contributed by atoms with E-state index in [2.05, 4.69) is 17.6 Å².